The number of hydrogen-bond acceptors (Lipinski definition) is 0. The lowest BCUT2D eigenvalue weighted by molar-refractivity contribution is 0.854. The Labute approximate surface area is 103 Å². The summed E-state index contributed by atoms with van der Waals surface area (Å²) in [6, 6.07) is 6.80. The molecule has 0 unspecified atom stereocenters. The lowest BCUT2D eigenvalue weighted by atomic mass is 9.96. The molecular formula is C16H30. The van der Waals surface area contributed by atoms with Crippen molar-refractivity contribution in [3.05, 3.63) is 34.9 Å². The van der Waals surface area contributed by atoms with Gasteiger partial charge in [-0.3, -0.25) is 0 Å². The van der Waals surface area contributed by atoms with E-state index in [1.165, 1.54) is 16.7 Å². The van der Waals surface area contributed by atoms with Crippen LogP contribution in [0.5, 0.6) is 0 Å². The number of rotatable bonds is 2. The molecular weight excluding hydrogens is 192 g/mol. The lowest BCUT2D eigenvalue weighted by Crippen LogP contribution is -1.93. The van der Waals surface area contributed by atoms with Gasteiger partial charge in [-0.25, -0.2) is 0 Å². The minimum Gasteiger partial charge on any atom is -0.0683 e. The van der Waals surface area contributed by atoms with Crippen LogP contribution in [0.25, 0.3) is 0 Å². The van der Waals surface area contributed by atoms with E-state index in [1.807, 2.05) is 27.7 Å². The average Bonchev–Trinajstić information content (AvgIpc) is 2.33. The van der Waals surface area contributed by atoms with Gasteiger partial charge in [0.05, 0.1) is 0 Å². The molecule has 0 N–H and O–H groups in total. The monoisotopic (exact) mass is 222 g/mol. The molecule has 0 aliphatic rings. The third-order valence-corrected chi connectivity index (χ3v) is 2.36. The summed E-state index contributed by atoms with van der Waals surface area (Å²) in [5.41, 5.74) is 4.36. The van der Waals surface area contributed by atoms with E-state index in [0.717, 1.165) is 6.42 Å². The fourth-order valence-electron chi connectivity index (χ4n) is 1.61. The first kappa shape index (κ1) is 17.6. The molecule has 16 heavy (non-hydrogen) atoms. The van der Waals surface area contributed by atoms with Crippen LogP contribution in [0, 0.1) is 6.92 Å². The maximum Gasteiger partial charge on any atom is -0.0216 e. The zero-order valence-electron chi connectivity index (χ0n) is 12.5. The minimum atomic E-state index is 0.649. The Morgan fingerprint density at radius 2 is 1.50 bits per heavy atom. The van der Waals surface area contributed by atoms with Crippen molar-refractivity contribution >= 4 is 0 Å². The second-order valence-corrected chi connectivity index (χ2v) is 3.70. The molecule has 0 aromatic heterocycles. The summed E-state index contributed by atoms with van der Waals surface area (Å²) < 4.78 is 0. The molecule has 1 rings (SSSR count). The van der Waals surface area contributed by atoms with Gasteiger partial charge in [0.25, 0.3) is 0 Å². The molecule has 0 aliphatic heterocycles. The van der Waals surface area contributed by atoms with E-state index >= 15 is 0 Å². The Morgan fingerprint density at radius 1 is 1.00 bits per heavy atom. The van der Waals surface area contributed by atoms with Gasteiger partial charge in [0.2, 0.25) is 0 Å². The molecule has 0 radical (unpaired) electrons. The highest BCUT2D eigenvalue weighted by Crippen LogP contribution is 2.19. The molecule has 0 aliphatic carbocycles. The predicted octanol–water partition coefficient (Wildman–Crippen LogP) is 5.73. The van der Waals surface area contributed by atoms with E-state index in [4.69, 9.17) is 0 Å². The lowest BCUT2D eigenvalue weighted by Gasteiger charge is -2.10. The summed E-state index contributed by atoms with van der Waals surface area (Å²) in [6.45, 7) is 16.9. The van der Waals surface area contributed by atoms with Gasteiger partial charge in [0.1, 0.15) is 0 Å². The van der Waals surface area contributed by atoms with E-state index in [1.54, 1.807) is 0 Å². The first-order chi connectivity index (χ1) is 7.65. The summed E-state index contributed by atoms with van der Waals surface area (Å²) in [4.78, 5) is 0. The van der Waals surface area contributed by atoms with Crippen molar-refractivity contribution in [1.82, 2.24) is 0 Å². The zero-order valence-corrected chi connectivity index (χ0v) is 12.5. The van der Waals surface area contributed by atoms with Gasteiger partial charge in [0.15, 0.2) is 0 Å². The van der Waals surface area contributed by atoms with Crippen molar-refractivity contribution < 1.29 is 0 Å². The fourth-order valence-corrected chi connectivity index (χ4v) is 1.61. The van der Waals surface area contributed by atoms with Gasteiger partial charge in [-0.2, -0.15) is 0 Å². The van der Waals surface area contributed by atoms with E-state index < -0.39 is 0 Å². The average molecular weight is 222 g/mol. The Kier molecular flexibility index (Phi) is 11.8. The highest BCUT2D eigenvalue weighted by atomic mass is 14.1. The highest BCUT2D eigenvalue weighted by molar-refractivity contribution is 5.32. The molecule has 0 heterocycles. The van der Waals surface area contributed by atoms with Crippen LogP contribution in [0.15, 0.2) is 18.2 Å². The molecule has 94 valence electrons. The molecule has 0 amide bonds. The van der Waals surface area contributed by atoms with Crippen LogP contribution in [-0.4, -0.2) is 0 Å². The second-order valence-electron chi connectivity index (χ2n) is 3.70. The van der Waals surface area contributed by atoms with Gasteiger partial charge in [-0.15, -0.1) is 0 Å². The maximum atomic E-state index is 2.30. The van der Waals surface area contributed by atoms with Gasteiger partial charge >= 0.3 is 0 Å². The summed E-state index contributed by atoms with van der Waals surface area (Å²) in [7, 11) is 0. The van der Waals surface area contributed by atoms with E-state index in [-0.39, 0.29) is 0 Å². The van der Waals surface area contributed by atoms with Crippen LogP contribution in [0.2, 0.25) is 0 Å². The van der Waals surface area contributed by atoms with Gasteiger partial charge < -0.3 is 0 Å². The van der Waals surface area contributed by atoms with Crippen molar-refractivity contribution in [2.75, 3.05) is 0 Å². The molecule has 0 bridgehead atoms. The normalized spacial score (nSPS) is 8.81. The first-order valence-electron chi connectivity index (χ1n) is 6.74. The molecule has 0 saturated carbocycles. The summed E-state index contributed by atoms with van der Waals surface area (Å²) in [5, 5.41) is 0. The minimum absolute atomic E-state index is 0.649. The topological polar surface area (TPSA) is 0 Å². The van der Waals surface area contributed by atoms with Crippen molar-refractivity contribution in [2.45, 2.75) is 67.7 Å². The summed E-state index contributed by atoms with van der Waals surface area (Å²) in [5.74, 6) is 0.649. The van der Waals surface area contributed by atoms with E-state index in [9.17, 15) is 0 Å². The van der Waals surface area contributed by atoms with Crippen molar-refractivity contribution in [3.8, 4) is 0 Å². The second kappa shape index (κ2) is 10.7. The van der Waals surface area contributed by atoms with Crippen molar-refractivity contribution in [1.29, 1.82) is 0 Å². The maximum absolute atomic E-state index is 2.30. The van der Waals surface area contributed by atoms with E-state index in [0.29, 0.717) is 5.92 Å². The fraction of sp³-hybridized carbons (Fsp3) is 0.625. The standard InChI is InChI=1S/C12H18.2C2H6/c1-5-11-6-7-12(9(2)3)10(4)8-11;2*1-2/h6-9H,5H2,1-4H3;2*1-2H3. The number of aryl methyl sites for hydroxylation is 2. The molecule has 0 nitrogen and oxygen atoms in total. The van der Waals surface area contributed by atoms with Gasteiger partial charge in [0, 0.05) is 0 Å². The van der Waals surface area contributed by atoms with Crippen molar-refractivity contribution in [3.63, 3.8) is 0 Å². The molecule has 1 aromatic carbocycles. The highest BCUT2D eigenvalue weighted by Gasteiger charge is 2.02. The Morgan fingerprint density at radius 3 is 1.81 bits per heavy atom. The Bertz CT molecular complexity index is 259. The van der Waals surface area contributed by atoms with Crippen molar-refractivity contribution in [2.24, 2.45) is 0 Å². The molecule has 0 atom stereocenters. The van der Waals surface area contributed by atoms with Crippen LogP contribution in [0.4, 0.5) is 0 Å². The van der Waals surface area contributed by atoms with Crippen LogP contribution >= 0.6 is 0 Å². The summed E-state index contributed by atoms with van der Waals surface area (Å²) in [6.07, 6.45) is 1.14. The number of benzene rings is 1. The van der Waals surface area contributed by atoms with Gasteiger partial charge in [-0.05, 0) is 36.0 Å². The first-order valence-corrected chi connectivity index (χ1v) is 6.74. The number of hydrogen-bond donors (Lipinski definition) is 0. The smallest absolute Gasteiger partial charge is 0.0216 e. The SMILES string of the molecule is CC.CC.CCc1ccc(C(C)C)c(C)c1. The van der Waals surface area contributed by atoms with Crippen LogP contribution < -0.4 is 0 Å². The Balaban J connectivity index is 0. The largest absolute Gasteiger partial charge is 0.0683 e. The van der Waals surface area contributed by atoms with E-state index in [2.05, 4.69) is 45.9 Å². The quantitative estimate of drug-likeness (QED) is 0.599. The molecule has 1 aromatic rings. The third kappa shape index (κ3) is 5.95. The molecule has 0 heteroatoms. The molecule has 0 fully saturated rings. The summed E-state index contributed by atoms with van der Waals surface area (Å²) >= 11 is 0. The zero-order chi connectivity index (χ0) is 13.1. The Hall–Kier alpha value is -0.780. The predicted molar refractivity (Wildman–Crippen MR) is 77.3 cm³/mol. The van der Waals surface area contributed by atoms with Crippen LogP contribution in [0.3, 0.4) is 0 Å². The van der Waals surface area contributed by atoms with Gasteiger partial charge in [-0.1, -0.05) is 66.7 Å². The molecule has 0 saturated heterocycles. The van der Waals surface area contributed by atoms with Crippen LogP contribution in [0.1, 0.15) is 71.1 Å². The molecule has 0 spiro atoms. The van der Waals surface area contributed by atoms with Crippen LogP contribution in [-0.2, 0) is 6.42 Å². The third-order valence-electron chi connectivity index (χ3n) is 2.36.